The molecule has 0 saturated heterocycles. The lowest BCUT2D eigenvalue weighted by Gasteiger charge is -2.19. The van der Waals surface area contributed by atoms with Crippen LogP contribution in [0.4, 0.5) is 0 Å². The number of rotatable bonds is 18. The van der Waals surface area contributed by atoms with Crippen molar-refractivity contribution in [1.82, 2.24) is 19.9 Å². The summed E-state index contributed by atoms with van der Waals surface area (Å²) in [6.07, 6.45) is 2.44. The summed E-state index contributed by atoms with van der Waals surface area (Å²) in [5.74, 6) is 10.1. The van der Waals surface area contributed by atoms with Crippen molar-refractivity contribution in [3.63, 3.8) is 0 Å². The van der Waals surface area contributed by atoms with Gasteiger partial charge >= 0.3 is 23.9 Å². The fraction of sp³-hybridized carbons (Fsp3) is 0.379. The van der Waals surface area contributed by atoms with E-state index in [0.29, 0.717) is 48.5 Å². The van der Waals surface area contributed by atoms with Crippen molar-refractivity contribution in [2.24, 2.45) is 0 Å². The van der Waals surface area contributed by atoms with Crippen LogP contribution in [0.25, 0.3) is 0 Å². The van der Waals surface area contributed by atoms with Gasteiger partial charge in [-0.3, -0.25) is 0 Å². The molecule has 0 saturated carbocycles. The van der Waals surface area contributed by atoms with E-state index >= 15 is 0 Å². The molecule has 0 aliphatic heterocycles. The molecule has 70 heavy (non-hydrogen) atoms. The second-order valence-electron chi connectivity index (χ2n) is 17.0. The highest BCUT2D eigenvalue weighted by Gasteiger charge is 2.33. The summed E-state index contributed by atoms with van der Waals surface area (Å²) in [7, 11) is 0. The summed E-state index contributed by atoms with van der Waals surface area (Å²) in [6, 6.07) is 15.8. The maximum absolute atomic E-state index is 13.3. The molecule has 0 spiro atoms. The number of carbonyl (C=O) groups excluding carboxylic acids is 4. The molecular weight excluding hydrogens is 881 g/mol. The van der Waals surface area contributed by atoms with Crippen molar-refractivity contribution in [2.75, 3.05) is 26.4 Å². The molecule has 12 heteroatoms. The first kappa shape index (κ1) is 51.9. The maximum atomic E-state index is 13.3. The van der Waals surface area contributed by atoms with E-state index in [4.69, 9.17) is 18.9 Å². The van der Waals surface area contributed by atoms with E-state index < -0.39 is 35.7 Å². The number of ether oxygens (including phenoxy) is 4. The van der Waals surface area contributed by atoms with Gasteiger partial charge in [0.05, 0.1) is 38.3 Å². The zero-order valence-corrected chi connectivity index (χ0v) is 42.7. The van der Waals surface area contributed by atoms with E-state index in [9.17, 15) is 19.2 Å². The molecule has 4 N–H and O–H groups in total. The lowest BCUT2D eigenvalue weighted by atomic mass is 9.86. The number of hydrogen-bond acceptors (Lipinski definition) is 8. The van der Waals surface area contributed by atoms with Crippen molar-refractivity contribution in [1.29, 1.82) is 0 Å². The minimum absolute atomic E-state index is 0.242. The molecule has 0 fully saturated rings. The van der Waals surface area contributed by atoms with Crippen LogP contribution < -0.4 is 0 Å². The van der Waals surface area contributed by atoms with Gasteiger partial charge in [0.15, 0.2) is 0 Å². The zero-order valence-electron chi connectivity index (χ0n) is 42.7. The average molecular weight is 947 g/mol. The molecule has 366 valence electrons. The van der Waals surface area contributed by atoms with Gasteiger partial charge in [0, 0.05) is 33.9 Å². The minimum atomic E-state index is -0.444. The Morgan fingerprint density at radius 2 is 0.686 bits per heavy atom. The third kappa shape index (κ3) is 10.4. The summed E-state index contributed by atoms with van der Waals surface area (Å²) in [5.41, 5.74) is 15.3. The maximum Gasteiger partial charge on any atom is 0.355 e. The van der Waals surface area contributed by atoms with Crippen LogP contribution in [-0.4, -0.2) is 70.2 Å². The van der Waals surface area contributed by atoms with Crippen LogP contribution in [0.1, 0.15) is 199 Å². The van der Waals surface area contributed by atoms with Crippen LogP contribution in [0.2, 0.25) is 0 Å². The van der Waals surface area contributed by atoms with Crippen molar-refractivity contribution in [3.05, 3.63) is 161 Å². The fourth-order valence-electron chi connectivity index (χ4n) is 9.80. The lowest BCUT2D eigenvalue weighted by Crippen LogP contribution is -2.11. The van der Waals surface area contributed by atoms with Gasteiger partial charge in [-0.25, -0.2) is 19.2 Å². The number of carbonyl (C=O) groups is 4. The van der Waals surface area contributed by atoms with Crippen LogP contribution in [-0.2, 0) is 44.6 Å². The third-order valence-electron chi connectivity index (χ3n) is 13.1. The van der Waals surface area contributed by atoms with Crippen molar-refractivity contribution >= 4 is 23.9 Å². The number of H-pyrrole nitrogens is 4. The van der Waals surface area contributed by atoms with E-state index in [1.165, 1.54) is 0 Å². The van der Waals surface area contributed by atoms with Gasteiger partial charge in [-0.2, -0.15) is 0 Å². The van der Waals surface area contributed by atoms with Crippen LogP contribution in [0.15, 0.2) is 48.5 Å². The molecule has 2 aromatic carbocycles. The van der Waals surface area contributed by atoms with Crippen LogP contribution in [0, 0.1) is 51.4 Å². The Bertz CT molecular complexity index is 2700. The molecule has 6 rings (SSSR count). The number of nitrogens with one attached hydrogen (secondary N) is 4. The predicted octanol–water partition coefficient (Wildman–Crippen LogP) is 11.0. The van der Waals surface area contributed by atoms with Crippen molar-refractivity contribution in [3.8, 4) is 23.7 Å². The Labute approximate surface area is 412 Å². The lowest BCUT2D eigenvalue weighted by molar-refractivity contribution is 0.0509. The normalized spacial score (nSPS) is 11.0. The zero-order chi connectivity index (χ0) is 50.8. The van der Waals surface area contributed by atoms with Gasteiger partial charge in [-0.1, -0.05) is 63.8 Å². The van der Waals surface area contributed by atoms with E-state index in [0.717, 1.165) is 89.5 Å². The van der Waals surface area contributed by atoms with Gasteiger partial charge < -0.3 is 38.9 Å². The first-order valence-corrected chi connectivity index (χ1v) is 24.5. The van der Waals surface area contributed by atoms with Crippen molar-refractivity contribution in [2.45, 2.75) is 121 Å². The summed E-state index contributed by atoms with van der Waals surface area (Å²) in [6.45, 7) is 24.2. The van der Waals surface area contributed by atoms with Crippen LogP contribution in [0.5, 0.6) is 0 Å². The van der Waals surface area contributed by atoms with Gasteiger partial charge in [-0.05, 0) is 173 Å². The van der Waals surface area contributed by atoms with E-state index in [1.54, 1.807) is 27.7 Å². The van der Waals surface area contributed by atoms with E-state index in [2.05, 4.69) is 43.6 Å². The second kappa shape index (κ2) is 23.2. The highest BCUT2D eigenvalue weighted by atomic mass is 16.5. The molecule has 0 radical (unpaired) electrons. The molecule has 12 nitrogen and oxygen atoms in total. The highest BCUT2D eigenvalue weighted by Crippen LogP contribution is 2.41. The molecule has 4 heterocycles. The Hall–Kier alpha value is -7.44. The largest absolute Gasteiger partial charge is 0.461 e. The SMILES string of the molecule is CCOC(=O)c1[nH]c(C(c2cccc(C#CC#Cc3cccc(C(c4[nH]c(C(=O)OCC)c(CC)c4C)c4[nH]c(C(=O)OCC)c(CC)c4C)c3)c2)c2[nH]c(C(=O)OCC)c(CC)c2C)c(C)c1CC. The molecule has 0 amide bonds. The molecule has 0 aliphatic rings. The van der Waals surface area contributed by atoms with E-state index in [-0.39, 0.29) is 26.4 Å². The van der Waals surface area contributed by atoms with Crippen LogP contribution >= 0.6 is 0 Å². The predicted molar refractivity (Wildman–Crippen MR) is 272 cm³/mol. The van der Waals surface area contributed by atoms with Gasteiger partial charge in [0.1, 0.15) is 22.8 Å². The van der Waals surface area contributed by atoms with E-state index in [1.807, 2.05) is 104 Å². The molecular formula is C58H66N4O8. The first-order chi connectivity index (χ1) is 33.7. The minimum Gasteiger partial charge on any atom is -0.461 e. The number of esters is 4. The Kier molecular flexibility index (Phi) is 17.2. The number of aromatic amines is 4. The Morgan fingerprint density at radius 1 is 0.429 bits per heavy atom. The monoisotopic (exact) mass is 946 g/mol. The molecule has 0 bridgehead atoms. The summed E-state index contributed by atoms with van der Waals surface area (Å²) in [4.78, 5) is 66.9. The Balaban J connectivity index is 1.44. The van der Waals surface area contributed by atoms with Gasteiger partial charge in [-0.15, -0.1) is 0 Å². The topological polar surface area (TPSA) is 168 Å². The van der Waals surface area contributed by atoms with Crippen molar-refractivity contribution < 1.29 is 38.1 Å². The highest BCUT2D eigenvalue weighted by molar-refractivity contribution is 5.92. The molecule has 0 unspecified atom stereocenters. The summed E-state index contributed by atoms with van der Waals surface area (Å²) < 4.78 is 21.9. The first-order valence-electron chi connectivity index (χ1n) is 24.5. The standard InChI is InChI=1S/C58H66N4O8/c1-13-41-33(9)47(59-51(41)55(63)67-17-5)45(48-34(10)42(14-2)52(60-48)56(64)68-18-6)39-29-23-27-37(31-39)25-21-22-26-38-28-24-30-40(32-38)46(49-35(11)43(15-3)53(61-49)57(65)69-19-7)50-36(12)44(16-4)54(62-50)58(66)70-20-8/h23-24,27-32,45-46,59-62H,13-20H2,1-12H3. The number of hydrogen-bond donors (Lipinski definition) is 4. The smallest absolute Gasteiger partial charge is 0.355 e. The Morgan fingerprint density at radius 3 is 0.914 bits per heavy atom. The second-order valence-corrected chi connectivity index (χ2v) is 17.0. The van der Waals surface area contributed by atoms with Crippen LogP contribution in [0.3, 0.4) is 0 Å². The molecule has 0 aliphatic carbocycles. The molecule has 6 aromatic rings. The molecule has 0 atom stereocenters. The summed E-state index contributed by atoms with van der Waals surface area (Å²) in [5, 5.41) is 0. The number of aromatic nitrogens is 4. The molecule has 4 aromatic heterocycles. The average Bonchev–Trinajstić information content (AvgIpc) is 4.08. The quantitative estimate of drug-likeness (QED) is 0.0375. The summed E-state index contributed by atoms with van der Waals surface area (Å²) >= 11 is 0. The van der Waals surface area contributed by atoms with Gasteiger partial charge in [0.25, 0.3) is 0 Å². The van der Waals surface area contributed by atoms with Gasteiger partial charge in [0.2, 0.25) is 0 Å². The third-order valence-corrected chi connectivity index (χ3v) is 13.1. The fourth-order valence-corrected chi connectivity index (χ4v) is 9.80. The number of benzene rings is 2.